The minimum absolute atomic E-state index is 1.58. The zero-order valence-corrected chi connectivity index (χ0v) is 8.48. The standard InChI is InChI=1S/C7H13NO3Si/c1-9-12(10-2,11-3)8-6-4-5-7-8/h4-7H,1-3H3. The van der Waals surface area contributed by atoms with Crippen LogP contribution < -0.4 is 0 Å². The van der Waals surface area contributed by atoms with Crippen molar-refractivity contribution >= 4 is 8.97 Å². The summed E-state index contributed by atoms with van der Waals surface area (Å²) >= 11 is 0. The fourth-order valence-corrected chi connectivity index (χ4v) is 2.75. The minimum atomic E-state index is -2.62. The fourth-order valence-electron chi connectivity index (χ4n) is 1.08. The van der Waals surface area contributed by atoms with Crippen molar-refractivity contribution < 1.29 is 13.3 Å². The Morgan fingerprint density at radius 2 is 1.33 bits per heavy atom. The zero-order chi connectivity index (χ0) is 9.03. The second kappa shape index (κ2) is 3.86. The van der Waals surface area contributed by atoms with Crippen molar-refractivity contribution in [2.45, 2.75) is 0 Å². The van der Waals surface area contributed by atoms with Crippen molar-refractivity contribution in [2.75, 3.05) is 21.3 Å². The summed E-state index contributed by atoms with van der Waals surface area (Å²) < 4.78 is 17.5. The van der Waals surface area contributed by atoms with E-state index in [2.05, 4.69) is 0 Å². The normalized spacial score (nSPS) is 11.9. The summed E-state index contributed by atoms with van der Waals surface area (Å²) in [6, 6.07) is 3.80. The Balaban J connectivity index is 2.93. The van der Waals surface area contributed by atoms with Gasteiger partial charge in [0.25, 0.3) is 0 Å². The van der Waals surface area contributed by atoms with Crippen LogP contribution in [0.3, 0.4) is 0 Å². The average molecular weight is 187 g/mol. The molecule has 0 amide bonds. The number of hydrogen-bond donors (Lipinski definition) is 0. The Bertz CT molecular complexity index is 212. The molecule has 0 N–H and O–H groups in total. The first-order valence-electron chi connectivity index (χ1n) is 3.58. The van der Waals surface area contributed by atoms with E-state index in [9.17, 15) is 0 Å². The molecule has 0 radical (unpaired) electrons. The van der Waals surface area contributed by atoms with Crippen LogP contribution in [0.2, 0.25) is 0 Å². The molecule has 1 heterocycles. The first kappa shape index (κ1) is 9.46. The van der Waals surface area contributed by atoms with Crippen molar-refractivity contribution in [1.29, 1.82) is 0 Å². The van der Waals surface area contributed by atoms with Gasteiger partial charge in [-0.2, -0.15) is 0 Å². The van der Waals surface area contributed by atoms with E-state index in [1.165, 1.54) is 0 Å². The largest absolute Gasteiger partial charge is 0.636 e. The molecule has 0 saturated carbocycles. The molecule has 0 atom stereocenters. The van der Waals surface area contributed by atoms with Gasteiger partial charge >= 0.3 is 8.97 Å². The smallest absolute Gasteiger partial charge is 0.360 e. The number of aromatic nitrogens is 1. The predicted octanol–water partition coefficient (Wildman–Crippen LogP) is 0.711. The molecular formula is C7H13NO3Si. The maximum absolute atomic E-state index is 5.24. The number of hydrogen-bond acceptors (Lipinski definition) is 3. The predicted molar refractivity (Wildman–Crippen MR) is 46.6 cm³/mol. The lowest BCUT2D eigenvalue weighted by Crippen LogP contribution is -2.50. The lowest BCUT2D eigenvalue weighted by molar-refractivity contribution is 0.112. The topological polar surface area (TPSA) is 32.6 Å². The van der Waals surface area contributed by atoms with Crippen molar-refractivity contribution in [1.82, 2.24) is 4.23 Å². The van der Waals surface area contributed by atoms with Crippen molar-refractivity contribution in [2.24, 2.45) is 0 Å². The molecule has 0 fully saturated rings. The molecule has 1 rings (SSSR count). The Kier molecular flexibility index (Phi) is 3.04. The maximum Gasteiger partial charge on any atom is 0.636 e. The van der Waals surface area contributed by atoms with Crippen LogP contribution >= 0.6 is 0 Å². The lowest BCUT2D eigenvalue weighted by Gasteiger charge is -2.24. The monoisotopic (exact) mass is 187 g/mol. The second-order valence-corrected chi connectivity index (χ2v) is 5.02. The molecule has 0 aromatic carbocycles. The molecule has 0 aliphatic carbocycles. The van der Waals surface area contributed by atoms with E-state index in [0.29, 0.717) is 0 Å². The van der Waals surface area contributed by atoms with Gasteiger partial charge in [-0.15, -0.1) is 0 Å². The third kappa shape index (κ3) is 1.44. The highest BCUT2D eigenvalue weighted by molar-refractivity contribution is 6.58. The molecule has 4 nitrogen and oxygen atoms in total. The van der Waals surface area contributed by atoms with E-state index in [4.69, 9.17) is 13.3 Å². The Labute approximate surface area is 73.1 Å². The summed E-state index contributed by atoms with van der Waals surface area (Å²) in [6.45, 7) is 0. The van der Waals surface area contributed by atoms with E-state index >= 15 is 0 Å². The van der Waals surface area contributed by atoms with Gasteiger partial charge in [-0.05, 0) is 12.1 Å². The van der Waals surface area contributed by atoms with E-state index in [1.54, 1.807) is 21.3 Å². The molecule has 0 unspecified atom stereocenters. The van der Waals surface area contributed by atoms with Crippen LogP contribution in [0.5, 0.6) is 0 Å². The summed E-state index contributed by atoms with van der Waals surface area (Å²) in [5, 5.41) is 0. The van der Waals surface area contributed by atoms with Gasteiger partial charge in [-0.1, -0.05) is 0 Å². The summed E-state index contributed by atoms with van der Waals surface area (Å²) in [6.07, 6.45) is 3.73. The van der Waals surface area contributed by atoms with Crippen LogP contribution in [-0.2, 0) is 13.3 Å². The highest BCUT2D eigenvalue weighted by Gasteiger charge is 2.41. The SMILES string of the molecule is CO[Si](OC)(OC)n1cccc1. The van der Waals surface area contributed by atoms with E-state index in [-0.39, 0.29) is 0 Å². The first-order chi connectivity index (χ1) is 5.79. The molecule has 0 bridgehead atoms. The third-order valence-corrected chi connectivity index (χ3v) is 4.17. The maximum atomic E-state index is 5.24. The van der Waals surface area contributed by atoms with Crippen LogP contribution in [0.4, 0.5) is 0 Å². The second-order valence-electron chi connectivity index (χ2n) is 2.23. The highest BCUT2D eigenvalue weighted by Crippen LogP contribution is 2.09. The molecule has 1 aromatic heterocycles. The number of rotatable bonds is 4. The Hall–Kier alpha value is -0.623. The molecule has 1 aromatic rings. The molecule has 5 heteroatoms. The third-order valence-electron chi connectivity index (χ3n) is 1.69. The average Bonchev–Trinajstić information content (AvgIpc) is 2.62. The Morgan fingerprint density at radius 1 is 0.917 bits per heavy atom. The minimum Gasteiger partial charge on any atom is -0.360 e. The number of nitrogens with zero attached hydrogens (tertiary/aromatic N) is 1. The fraction of sp³-hybridized carbons (Fsp3) is 0.429. The molecule has 68 valence electrons. The van der Waals surface area contributed by atoms with Crippen LogP contribution in [0.15, 0.2) is 24.5 Å². The molecule has 12 heavy (non-hydrogen) atoms. The molecule has 0 aliphatic heterocycles. The van der Waals surface area contributed by atoms with Gasteiger partial charge in [-0.3, -0.25) is 0 Å². The molecule has 0 saturated heterocycles. The van der Waals surface area contributed by atoms with E-state index in [1.807, 2.05) is 28.8 Å². The molecule has 0 aliphatic rings. The van der Waals surface area contributed by atoms with Gasteiger partial charge in [0.1, 0.15) is 0 Å². The lowest BCUT2D eigenvalue weighted by atomic mass is 10.7. The summed E-state index contributed by atoms with van der Waals surface area (Å²) in [5.74, 6) is 0. The van der Waals surface area contributed by atoms with Gasteiger partial charge in [0, 0.05) is 33.7 Å². The van der Waals surface area contributed by atoms with E-state index in [0.717, 1.165) is 0 Å². The van der Waals surface area contributed by atoms with Gasteiger partial charge in [0.15, 0.2) is 0 Å². The highest BCUT2D eigenvalue weighted by atomic mass is 28.4. The Morgan fingerprint density at radius 3 is 1.67 bits per heavy atom. The summed E-state index contributed by atoms with van der Waals surface area (Å²) in [4.78, 5) is 0. The summed E-state index contributed by atoms with van der Waals surface area (Å²) in [7, 11) is 2.12. The van der Waals surface area contributed by atoms with Crippen molar-refractivity contribution in [3.05, 3.63) is 24.5 Å². The van der Waals surface area contributed by atoms with Crippen LogP contribution in [0.25, 0.3) is 0 Å². The van der Waals surface area contributed by atoms with Crippen LogP contribution in [0, 0.1) is 0 Å². The van der Waals surface area contributed by atoms with Gasteiger partial charge < -0.3 is 17.5 Å². The van der Waals surface area contributed by atoms with Crippen LogP contribution in [-0.4, -0.2) is 34.5 Å². The summed E-state index contributed by atoms with van der Waals surface area (Å²) in [5.41, 5.74) is 0. The van der Waals surface area contributed by atoms with Gasteiger partial charge in [0.2, 0.25) is 0 Å². The molecule has 0 spiro atoms. The first-order valence-corrected chi connectivity index (χ1v) is 5.25. The quantitative estimate of drug-likeness (QED) is 0.651. The van der Waals surface area contributed by atoms with Crippen molar-refractivity contribution in [3.8, 4) is 0 Å². The van der Waals surface area contributed by atoms with Gasteiger partial charge in [0.05, 0.1) is 0 Å². The van der Waals surface area contributed by atoms with Gasteiger partial charge in [-0.25, -0.2) is 0 Å². The molecular weight excluding hydrogens is 174 g/mol. The zero-order valence-electron chi connectivity index (χ0n) is 7.48. The van der Waals surface area contributed by atoms with Crippen molar-refractivity contribution in [3.63, 3.8) is 0 Å². The van der Waals surface area contributed by atoms with Crippen LogP contribution in [0.1, 0.15) is 0 Å². The van der Waals surface area contributed by atoms with E-state index < -0.39 is 8.97 Å².